The molecule has 0 N–H and O–H groups in total. The highest BCUT2D eigenvalue weighted by Gasteiger charge is 2.19. The third-order valence-corrected chi connectivity index (χ3v) is 1.80. The Bertz CT molecular complexity index is 152. The van der Waals surface area contributed by atoms with Gasteiger partial charge in [-0.3, -0.25) is 0 Å². The molecule has 1 nitrogen and oxygen atoms in total. The van der Waals surface area contributed by atoms with Crippen LogP contribution in [0.15, 0.2) is 23.8 Å². The average molecular weight is 138 g/mol. The SMILES string of the molecule is C/C=C\C(=C/C)C1COC1. The van der Waals surface area contributed by atoms with Gasteiger partial charge in [-0.15, -0.1) is 0 Å². The molecule has 0 unspecified atom stereocenters. The van der Waals surface area contributed by atoms with E-state index in [4.69, 9.17) is 4.74 Å². The molecule has 0 saturated carbocycles. The van der Waals surface area contributed by atoms with Gasteiger partial charge in [0.2, 0.25) is 0 Å². The van der Waals surface area contributed by atoms with E-state index in [2.05, 4.69) is 25.2 Å². The molecule has 1 aliphatic rings. The average Bonchev–Trinajstić information content (AvgIpc) is 1.83. The number of rotatable bonds is 2. The maximum absolute atomic E-state index is 5.09. The molecule has 0 aromatic rings. The van der Waals surface area contributed by atoms with E-state index in [0.717, 1.165) is 13.2 Å². The summed E-state index contributed by atoms with van der Waals surface area (Å²) in [4.78, 5) is 0. The monoisotopic (exact) mass is 138 g/mol. The van der Waals surface area contributed by atoms with Crippen molar-refractivity contribution < 1.29 is 4.74 Å². The molecule has 0 spiro atoms. The predicted molar refractivity (Wildman–Crippen MR) is 42.9 cm³/mol. The zero-order valence-electron chi connectivity index (χ0n) is 6.63. The Hall–Kier alpha value is -0.560. The van der Waals surface area contributed by atoms with Crippen molar-refractivity contribution in [3.63, 3.8) is 0 Å². The topological polar surface area (TPSA) is 9.23 Å². The van der Waals surface area contributed by atoms with Gasteiger partial charge in [0.15, 0.2) is 0 Å². The summed E-state index contributed by atoms with van der Waals surface area (Å²) in [6, 6.07) is 0. The zero-order chi connectivity index (χ0) is 7.40. The van der Waals surface area contributed by atoms with E-state index in [1.165, 1.54) is 5.57 Å². The Balaban J connectivity index is 2.48. The van der Waals surface area contributed by atoms with E-state index >= 15 is 0 Å². The van der Waals surface area contributed by atoms with E-state index in [9.17, 15) is 0 Å². The van der Waals surface area contributed by atoms with E-state index in [-0.39, 0.29) is 0 Å². The minimum Gasteiger partial charge on any atom is -0.380 e. The van der Waals surface area contributed by atoms with E-state index in [0.29, 0.717) is 5.92 Å². The number of hydrogen-bond donors (Lipinski definition) is 0. The Kier molecular flexibility index (Phi) is 2.69. The van der Waals surface area contributed by atoms with Crippen LogP contribution in [-0.4, -0.2) is 13.2 Å². The first kappa shape index (κ1) is 7.55. The molecule has 1 heterocycles. The summed E-state index contributed by atoms with van der Waals surface area (Å²) in [7, 11) is 0. The Morgan fingerprint density at radius 2 is 2.10 bits per heavy atom. The summed E-state index contributed by atoms with van der Waals surface area (Å²) in [6.45, 7) is 5.94. The van der Waals surface area contributed by atoms with Crippen molar-refractivity contribution in [2.45, 2.75) is 13.8 Å². The van der Waals surface area contributed by atoms with Crippen LogP contribution in [0.4, 0.5) is 0 Å². The van der Waals surface area contributed by atoms with Crippen molar-refractivity contribution >= 4 is 0 Å². The third-order valence-electron chi connectivity index (χ3n) is 1.80. The van der Waals surface area contributed by atoms with Gasteiger partial charge in [0, 0.05) is 5.92 Å². The molecule has 0 amide bonds. The normalized spacial score (nSPS) is 21.6. The van der Waals surface area contributed by atoms with Crippen molar-refractivity contribution in [1.82, 2.24) is 0 Å². The molecule has 1 saturated heterocycles. The first-order chi connectivity index (χ1) is 4.88. The van der Waals surface area contributed by atoms with Gasteiger partial charge in [-0.25, -0.2) is 0 Å². The molecule has 0 bridgehead atoms. The molecule has 1 heteroatoms. The second kappa shape index (κ2) is 3.57. The minimum absolute atomic E-state index is 0.668. The van der Waals surface area contributed by atoms with Crippen molar-refractivity contribution in [3.8, 4) is 0 Å². The lowest BCUT2D eigenvalue weighted by atomic mass is 9.97. The molecule has 0 radical (unpaired) electrons. The Morgan fingerprint density at radius 1 is 1.40 bits per heavy atom. The predicted octanol–water partition coefficient (Wildman–Crippen LogP) is 2.16. The van der Waals surface area contributed by atoms with Crippen LogP contribution in [-0.2, 0) is 4.74 Å². The largest absolute Gasteiger partial charge is 0.380 e. The highest BCUT2D eigenvalue weighted by atomic mass is 16.5. The fourth-order valence-corrected chi connectivity index (χ4v) is 1.09. The van der Waals surface area contributed by atoms with Crippen molar-refractivity contribution in [2.75, 3.05) is 13.2 Å². The smallest absolute Gasteiger partial charge is 0.0557 e. The summed E-state index contributed by atoms with van der Waals surface area (Å²) in [5.74, 6) is 0.668. The lowest BCUT2D eigenvalue weighted by molar-refractivity contribution is -0.0117. The fourth-order valence-electron chi connectivity index (χ4n) is 1.09. The molecule has 10 heavy (non-hydrogen) atoms. The molecular formula is C9H14O. The first-order valence-corrected chi connectivity index (χ1v) is 3.75. The molecule has 0 aromatic heterocycles. The van der Waals surface area contributed by atoms with Gasteiger partial charge in [-0.1, -0.05) is 18.2 Å². The van der Waals surface area contributed by atoms with Gasteiger partial charge in [0.25, 0.3) is 0 Å². The Morgan fingerprint density at radius 3 is 2.40 bits per heavy atom. The lowest BCUT2D eigenvalue weighted by Gasteiger charge is -2.26. The minimum atomic E-state index is 0.668. The maximum atomic E-state index is 5.09. The van der Waals surface area contributed by atoms with Crippen molar-refractivity contribution in [1.29, 1.82) is 0 Å². The second-order valence-corrected chi connectivity index (χ2v) is 2.52. The second-order valence-electron chi connectivity index (χ2n) is 2.52. The molecule has 0 aromatic carbocycles. The van der Waals surface area contributed by atoms with Crippen molar-refractivity contribution in [2.24, 2.45) is 5.92 Å². The highest BCUT2D eigenvalue weighted by Crippen LogP contribution is 2.20. The number of allylic oxidation sites excluding steroid dienone is 3. The number of ether oxygens (including phenoxy) is 1. The molecule has 1 fully saturated rings. The van der Waals surface area contributed by atoms with Crippen LogP contribution in [0.1, 0.15) is 13.8 Å². The van der Waals surface area contributed by atoms with E-state index < -0.39 is 0 Å². The van der Waals surface area contributed by atoms with Crippen LogP contribution in [0.2, 0.25) is 0 Å². The molecule has 56 valence electrons. The van der Waals surface area contributed by atoms with Crippen LogP contribution in [0, 0.1) is 5.92 Å². The number of hydrogen-bond acceptors (Lipinski definition) is 1. The van der Waals surface area contributed by atoms with Gasteiger partial charge < -0.3 is 4.74 Å². The standard InChI is InChI=1S/C9H14O/c1-3-5-8(4-2)9-6-10-7-9/h3-5,9H,6-7H2,1-2H3/b5-3-,8-4+. The van der Waals surface area contributed by atoms with E-state index in [1.54, 1.807) is 0 Å². The van der Waals surface area contributed by atoms with Crippen molar-refractivity contribution in [3.05, 3.63) is 23.8 Å². The summed E-state index contributed by atoms with van der Waals surface area (Å²) in [5.41, 5.74) is 1.41. The summed E-state index contributed by atoms with van der Waals surface area (Å²) < 4.78 is 5.09. The molecular weight excluding hydrogens is 124 g/mol. The molecule has 0 atom stereocenters. The zero-order valence-corrected chi connectivity index (χ0v) is 6.63. The molecule has 1 aliphatic heterocycles. The maximum Gasteiger partial charge on any atom is 0.0557 e. The highest BCUT2D eigenvalue weighted by molar-refractivity contribution is 5.22. The fraction of sp³-hybridized carbons (Fsp3) is 0.556. The molecule has 1 rings (SSSR count). The molecule has 0 aliphatic carbocycles. The van der Waals surface area contributed by atoms with Crippen LogP contribution >= 0.6 is 0 Å². The van der Waals surface area contributed by atoms with Gasteiger partial charge in [-0.2, -0.15) is 0 Å². The van der Waals surface area contributed by atoms with Gasteiger partial charge in [-0.05, 0) is 19.4 Å². The van der Waals surface area contributed by atoms with Gasteiger partial charge >= 0.3 is 0 Å². The lowest BCUT2D eigenvalue weighted by Crippen LogP contribution is -2.28. The summed E-state index contributed by atoms with van der Waals surface area (Å²) in [5, 5.41) is 0. The van der Waals surface area contributed by atoms with Crippen LogP contribution in [0.25, 0.3) is 0 Å². The van der Waals surface area contributed by atoms with Crippen LogP contribution in [0.5, 0.6) is 0 Å². The van der Waals surface area contributed by atoms with Crippen LogP contribution < -0.4 is 0 Å². The first-order valence-electron chi connectivity index (χ1n) is 3.75. The van der Waals surface area contributed by atoms with Gasteiger partial charge in [0.1, 0.15) is 0 Å². The van der Waals surface area contributed by atoms with E-state index in [1.807, 2.05) is 6.92 Å². The van der Waals surface area contributed by atoms with Gasteiger partial charge in [0.05, 0.1) is 13.2 Å². The summed E-state index contributed by atoms with van der Waals surface area (Å²) >= 11 is 0. The van der Waals surface area contributed by atoms with Crippen LogP contribution in [0.3, 0.4) is 0 Å². The Labute approximate surface area is 62.4 Å². The quantitative estimate of drug-likeness (QED) is 0.531. The summed E-state index contributed by atoms with van der Waals surface area (Å²) in [6.07, 6.45) is 6.40. The third kappa shape index (κ3) is 1.48.